The van der Waals surface area contributed by atoms with Gasteiger partial charge in [-0.25, -0.2) is 4.79 Å². The third kappa shape index (κ3) is 10.6. The Morgan fingerprint density at radius 3 is 2.35 bits per heavy atom. The largest absolute Gasteiger partial charge is 0.463 e. The summed E-state index contributed by atoms with van der Waals surface area (Å²) in [5, 5.41) is 3.42. The summed E-state index contributed by atoms with van der Waals surface area (Å²) in [5.74, 6) is 6.25. The second-order valence-electron chi connectivity index (χ2n) is 7.58. The van der Waals surface area contributed by atoms with E-state index in [1.165, 1.54) is 50.2 Å². The maximum absolute atomic E-state index is 11.4. The second-order valence-corrected chi connectivity index (χ2v) is 7.58. The maximum Gasteiger partial charge on any atom is 0.330 e. The first-order chi connectivity index (χ1) is 15.2. The van der Waals surface area contributed by atoms with E-state index in [1.54, 1.807) is 13.0 Å². The smallest absolute Gasteiger partial charge is 0.330 e. The maximum atomic E-state index is 11.4. The van der Waals surface area contributed by atoms with E-state index in [0.717, 1.165) is 29.8 Å². The summed E-state index contributed by atoms with van der Waals surface area (Å²) in [6, 6.07) is 16.4. The average Bonchev–Trinajstić information content (AvgIpc) is 2.80. The quantitative estimate of drug-likeness (QED) is 0.175. The highest BCUT2D eigenvalue weighted by atomic mass is 16.5. The molecule has 164 valence electrons. The van der Waals surface area contributed by atoms with Crippen LogP contribution in [0, 0.1) is 11.8 Å². The molecule has 0 fully saturated rings. The fourth-order valence-electron chi connectivity index (χ4n) is 3.14. The Balaban J connectivity index is 1.72. The number of hydrogen-bond acceptors (Lipinski definition) is 3. The van der Waals surface area contributed by atoms with Crippen LogP contribution in [0.4, 0.5) is 5.69 Å². The first-order valence-electron chi connectivity index (χ1n) is 11.5. The Labute approximate surface area is 187 Å². The van der Waals surface area contributed by atoms with Crippen molar-refractivity contribution in [3.8, 4) is 11.8 Å². The van der Waals surface area contributed by atoms with Gasteiger partial charge < -0.3 is 10.1 Å². The normalized spacial score (nSPS) is 10.5. The molecule has 0 aliphatic carbocycles. The van der Waals surface area contributed by atoms with Crippen LogP contribution in [0.1, 0.15) is 75.5 Å². The van der Waals surface area contributed by atoms with Crippen molar-refractivity contribution in [1.29, 1.82) is 0 Å². The topological polar surface area (TPSA) is 38.3 Å². The predicted octanol–water partition coefficient (Wildman–Crippen LogP) is 6.98. The lowest BCUT2D eigenvalue weighted by molar-refractivity contribution is -0.137. The van der Waals surface area contributed by atoms with E-state index in [1.807, 2.05) is 24.3 Å². The van der Waals surface area contributed by atoms with Crippen molar-refractivity contribution in [3.05, 3.63) is 71.3 Å². The van der Waals surface area contributed by atoms with Gasteiger partial charge in [-0.1, -0.05) is 75.1 Å². The van der Waals surface area contributed by atoms with Gasteiger partial charge in [0.1, 0.15) is 0 Å². The van der Waals surface area contributed by atoms with Crippen molar-refractivity contribution >= 4 is 17.7 Å². The van der Waals surface area contributed by atoms with Crippen LogP contribution in [0.25, 0.3) is 6.08 Å². The lowest BCUT2D eigenvalue weighted by atomic mass is 10.1. The zero-order valence-corrected chi connectivity index (χ0v) is 19.0. The van der Waals surface area contributed by atoms with E-state index < -0.39 is 0 Å². The van der Waals surface area contributed by atoms with Crippen molar-refractivity contribution in [1.82, 2.24) is 0 Å². The van der Waals surface area contributed by atoms with Crippen molar-refractivity contribution in [2.24, 2.45) is 0 Å². The van der Waals surface area contributed by atoms with Gasteiger partial charge >= 0.3 is 5.97 Å². The number of benzene rings is 2. The third-order valence-corrected chi connectivity index (χ3v) is 4.95. The standard InChI is InChI=1S/C28H35NO2/c1-3-5-6-7-8-9-10-11-12-24-13-15-26(16-14-24)23-29-27-20-17-25(18-21-27)19-22-28(30)31-4-2/h13-22,29H,3-10,23H2,1-2H3/b22-19+. The molecule has 0 heterocycles. The summed E-state index contributed by atoms with van der Waals surface area (Å²) < 4.78 is 4.89. The minimum atomic E-state index is -0.319. The molecule has 31 heavy (non-hydrogen) atoms. The molecule has 2 aromatic carbocycles. The number of carbonyl (C=O) groups excluding carboxylic acids is 1. The molecular weight excluding hydrogens is 382 g/mol. The Morgan fingerprint density at radius 2 is 1.65 bits per heavy atom. The van der Waals surface area contributed by atoms with Crippen LogP contribution in [0.2, 0.25) is 0 Å². The minimum absolute atomic E-state index is 0.319. The van der Waals surface area contributed by atoms with E-state index in [2.05, 4.69) is 48.3 Å². The molecule has 0 unspecified atom stereocenters. The number of unbranched alkanes of at least 4 members (excludes halogenated alkanes) is 6. The van der Waals surface area contributed by atoms with Gasteiger partial charge in [-0.3, -0.25) is 0 Å². The summed E-state index contributed by atoms with van der Waals surface area (Å²) in [6.07, 6.45) is 12.0. The summed E-state index contributed by atoms with van der Waals surface area (Å²) in [6.45, 7) is 5.19. The van der Waals surface area contributed by atoms with Gasteiger partial charge in [0.15, 0.2) is 0 Å². The number of ether oxygens (including phenoxy) is 1. The van der Waals surface area contributed by atoms with Gasteiger partial charge in [-0.15, -0.1) is 0 Å². The molecule has 0 aliphatic heterocycles. The van der Waals surface area contributed by atoms with Crippen molar-refractivity contribution < 1.29 is 9.53 Å². The Bertz CT molecular complexity index is 855. The number of anilines is 1. The molecule has 0 saturated heterocycles. The molecule has 0 amide bonds. The SMILES string of the molecule is CCCCCCCCC#Cc1ccc(CNc2ccc(/C=C/C(=O)OCC)cc2)cc1. The summed E-state index contributed by atoms with van der Waals surface area (Å²) >= 11 is 0. The van der Waals surface area contributed by atoms with Crippen LogP contribution in [-0.2, 0) is 16.1 Å². The van der Waals surface area contributed by atoms with Gasteiger partial charge in [0.2, 0.25) is 0 Å². The minimum Gasteiger partial charge on any atom is -0.463 e. The Kier molecular flexibility index (Phi) is 11.7. The second kappa shape index (κ2) is 14.9. The van der Waals surface area contributed by atoms with E-state index in [9.17, 15) is 4.79 Å². The number of esters is 1. The highest BCUT2D eigenvalue weighted by molar-refractivity contribution is 5.87. The predicted molar refractivity (Wildman–Crippen MR) is 131 cm³/mol. The number of carbonyl (C=O) groups is 1. The van der Waals surface area contributed by atoms with Crippen LogP contribution in [0.5, 0.6) is 0 Å². The van der Waals surface area contributed by atoms with E-state index in [4.69, 9.17) is 4.74 Å². The molecular formula is C28H35NO2. The van der Waals surface area contributed by atoms with Crippen LogP contribution >= 0.6 is 0 Å². The first-order valence-corrected chi connectivity index (χ1v) is 11.5. The van der Waals surface area contributed by atoms with Crippen LogP contribution < -0.4 is 5.32 Å². The molecule has 0 atom stereocenters. The van der Waals surface area contributed by atoms with Crippen molar-refractivity contribution in [3.63, 3.8) is 0 Å². The zero-order valence-electron chi connectivity index (χ0n) is 19.0. The molecule has 3 nitrogen and oxygen atoms in total. The van der Waals surface area contributed by atoms with Gasteiger partial charge in [0, 0.05) is 30.3 Å². The van der Waals surface area contributed by atoms with Gasteiger partial charge in [-0.2, -0.15) is 0 Å². The fourth-order valence-corrected chi connectivity index (χ4v) is 3.14. The number of nitrogens with one attached hydrogen (secondary N) is 1. The highest BCUT2D eigenvalue weighted by Gasteiger charge is 1.97. The molecule has 0 saturated carbocycles. The summed E-state index contributed by atoms with van der Waals surface area (Å²) in [5.41, 5.74) is 4.29. The zero-order chi connectivity index (χ0) is 22.2. The lowest BCUT2D eigenvalue weighted by Gasteiger charge is -2.07. The van der Waals surface area contributed by atoms with Gasteiger partial charge in [0.25, 0.3) is 0 Å². The molecule has 0 spiro atoms. The highest BCUT2D eigenvalue weighted by Crippen LogP contribution is 2.13. The average molecular weight is 418 g/mol. The van der Waals surface area contributed by atoms with Crippen LogP contribution in [-0.4, -0.2) is 12.6 Å². The molecule has 1 N–H and O–H groups in total. The molecule has 0 aliphatic rings. The lowest BCUT2D eigenvalue weighted by Crippen LogP contribution is -1.99. The molecule has 0 bridgehead atoms. The third-order valence-electron chi connectivity index (χ3n) is 4.95. The number of hydrogen-bond donors (Lipinski definition) is 1. The summed E-state index contributed by atoms with van der Waals surface area (Å²) in [4.78, 5) is 11.4. The molecule has 0 radical (unpaired) electrons. The van der Waals surface area contributed by atoms with Crippen molar-refractivity contribution in [2.45, 2.75) is 65.3 Å². The van der Waals surface area contributed by atoms with Crippen LogP contribution in [0.3, 0.4) is 0 Å². The first kappa shape index (κ1) is 24.3. The van der Waals surface area contributed by atoms with Gasteiger partial charge in [-0.05, 0) is 54.8 Å². The monoisotopic (exact) mass is 417 g/mol. The van der Waals surface area contributed by atoms with Crippen LogP contribution in [0.15, 0.2) is 54.6 Å². The molecule has 0 aromatic heterocycles. The Hall–Kier alpha value is -2.99. The molecule has 3 heteroatoms. The van der Waals surface area contributed by atoms with E-state index in [-0.39, 0.29) is 5.97 Å². The van der Waals surface area contributed by atoms with E-state index in [0.29, 0.717) is 6.61 Å². The van der Waals surface area contributed by atoms with Gasteiger partial charge in [0.05, 0.1) is 6.61 Å². The molecule has 2 aromatic rings. The summed E-state index contributed by atoms with van der Waals surface area (Å²) in [7, 11) is 0. The number of rotatable bonds is 12. The fraction of sp³-hybridized carbons (Fsp3) is 0.393. The van der Waals surface area contributed by atoms with Crippen molar-refractivity contribution in [2.75, 3.05) is 11.9 Å². The van der Waals surface area contributed by atoms with E-state index >= 15 is 0 Å². The molecule has 2 rings (SSSR count). The Morgan fingerprint density at radius 1 is 0.935 bits per heavy atom.